The van der Waals surface area contributed by atoms with E-state index in [0.717, 1.165) is 81.3 Å². The lowest BCUT2D eigenvalue weighted by molar-refractivity contribution is 0.0791. The predicted molar refractivity (Wildman–Crippen MR) is 149 cm³/mol. The summed E-state index contributed by atoms with van der Waals surface area (Å²) in [4.78, 5) is 35.2. The monoisotopic (exact) mass is 526 g/mol. The van der Waals surface area contributed by atoms with Crippen molar-refractivity contribution in [3.63, 3.8) is 0 Å². The summed E-state index contributed by atoms with van der Waals surface area (Å²) in [5.74, 6) is 1.36. The fourth-order valence-corrected chi connectivity index (χ4v) is 5.74. The Morgan fingerprint density at radius 2 is 1.90 bits per heavy atom. The van der Waals surface area contributed by atoms with Gasteiger partial charge in [-0.3, -0.25) is 14.5 Å². The number of aryl methyl sites for hydroxylation is 1. The van der Waals surface area contributed by atoms with Crippen LogP contribution >= 0.6 is 0 Å². The molecular formula is C31H34N4O4. The molecule has 0 radical (unpaired) electrons. The Morgan fingerprint density at radius 3 is 2.62 bits per heavy atom. The molecule has 39 heavy (non-hydrogen) atoms. The summed E-state index contributed by atoms with van der Waals surface area (Å²) >= 11 is 0. The van der Waals surface area contributed by atoms with Gasteiger partial charge in [-0.25, -0.2) is 0 Å². The third kappa shape index (κ3) is 5.29. The highest BCUT2D eigenvalue weighted by atomic mass is 16.6. The third-order valence-electron chi connectivity index (χ3n) is 7.96. The summed E-state index contributed by atoms with van der Waals surface area (Å²) in [6, 6.07) is 9.84. The number of hydrogen-bond donors (Lipinski definition) is 1. The van der Waals surface area contributed by atoms with E-state index in [2.05, 4.69) is 39.1 Å². The van der Waals surface area contributed by atoms with Crippen molar-refractivity contribution in [3.8, 4) is 0 Å². The van der Waals surface area contributed by atoms with Crippen LogP contribution in [0, 0.1) is 0 Å². The topological polar surface area (TPSA) is 78.1 Å². The molecule has 1 aliphatic carbocycles. The Morgan fingerprint density at radius 1 is 1.05 bits per heavy atom. The molecule has 0 saturated carbocycles. The molecule has 1 fully saturated rings. The number of ketones is 1. The number of allylic oxidation sites excluding steroid dienone is 4. The van der Waals surface area contributed by atoms with Crippen molar-refractivity contribution in [2.75, 3.05) is 37.6 Å². The molecule has 3 aliphatic heterocycles. The Hall–Kier alpha value is -4.04. The molecule has 1 N–H and O–H groups in total. The van der Waals surface area contributed by atoms with Gasteiger partial charge in [0.2, 0.25) is 5.88 Å². The second-order valence-electron chi connectivity index (χ2n) is 10.5. The van der Waals surface area contributed by atoms with Gasteiger partial charge in [0.15, 0.2) is 17.8 Å². The van der Waals surface area contributed by atoms with Crippen LogP contribution in [-0.4, -0.2) is 65.2 Å². The standard InChI is InChI=1S/C31H34N4O4/c1-22(36)25-17-27(32-18-25)31(37)35-26(12-11-23-7-5-6-10-28(23)35)19-33-13-15-34(16-14-33)30-21-38-29(20-39-30)24-8-3-2-4-9-24/h2-3,5-8,10,17-18,20-21,26,32H,4,9,11-16,19H2,1H3. The fourth-order valence-electron chi connectivity index (χ4n) is 5.74. The highest BCUT2D eigenvalue weighted by Gasteiger charge is 2.34. The number of anilines is 1. The van der Waals surface area contributed by atoms with Gasteiger partial charge in [-0.1, -0.05) is 36.4 Å². The Balaban J connectivity index is 1.10. The number of nitrogens with zero attached hydrogens (tertiary/aromatic N) is 3. The molecule has 0 spiro atoms. The van der Waals surface area contributed by atoms with E-state index in [-0.39, 0.29) is 17.7 Å². The van der Waals surface area contributed by atoms with Crippen LogP contribution in [-0.2, 0) is 15.9 Å². The minimum atomic E-state index is -0.0950. The lowest BCUT2D eigenvalue weighted by Crippen LogP contribution is -2.54. The number of para-hydroxylation sites is 1. The zero-order chi connectivity index (χ0) is 26.8. The molecule has 1 unspecified atom stereocenters. The highest BCUT2D eigenvalue weighted by Crippen LogP contribution is 2.33. The van der Waals surface area contributed by atoms with Crippen molar-refractivity contribution >= 4 is 17.4 Å². The van der Waals surface area contributed by atoms with Crippen LogP contribution in [0.15, 0.2) is 84.5 Å². The number of fused-ring (bicyclic) bond motifs is 1. The van der Waals surface area contributed by atoms with Crippen LogP contribution in [0.2, 0.25) is 0 Å². The van der Waals surface area contributed by atoms with Gasteiger partial charge < -0.3 is 24.3 Å². The lowest BCUT2D eigenvalue weighted by atomic mass is 9.94. The minimum absolute atomic E-state index is 0.0415. The summed E-state index contributed by atoms with van der Waals surface area (Å²) in [5.41, 5.74) is 4.26. The largest absolute Gasteiger partial charge is 0.456 e. The molecule has 4 heterocycles. The molecule has 8 heteroatoms. The highest BCUT2D eigenvalue weighted by molar-refractivity contribution is 6.07. The number of carbonyl (C=O) groups is 2. The first-order valence-electron chi connectivity index (χ1n) is 13.7. The predicted octanol–water partition coefficient (Wildman–Crippen LogP) is 4.76. The van der Waals surface area contributed by atoms with E-state index >= 15 is 0 Å². The normalized spacial score (nSPS) is 21.3. The first-order chi connectivity index (χ1) is 19.1. The Kier molecular flexibility index (Phi) is 7.11. The summed E-state index contributed by atoms with van der Waals surface area (Å²) in [7, 11) is 0. The number of Topliss-reactive ketones (excluding diaryl/α,β-unsaturated/α-hetero) is 1. The molecule has 1 saturated heterocycles. The van der Waals surface area contributed by atoms with Gasteiger partial charge in [0.25, 0.3) is 5.91 Å². The van der Waals surface area contributed by atoms with Crippen molar-refractivity contribution in [1.29, 1.82) is 0 Å². The van der Waals surface area contributed by atoms with Crippen molar-refractivity contribution in [2.45, 2.75) is 38.6 Å². The quantitative estimate of drug-likeness (QED) is 0.547. The lowest BCUT2D eigenvalue weighted by Gasteiger charge is -2.42. The number of rotatable bonds is 6. The maximum Gasteiger partial charge on any atom is 0.275 e. The first kappa shape index (κ1) is 25.2. The van der Waals surface area contributed by atoms with E-state index in [0.29, 0.717) is 11.3 Å². The van der Waals surface area contributed by atoms with Gasteiger partial charge in [0.05, 0.1) is 6.04 Å². The molecule has 1 amide bonds. The molecule has 0 bridgehead atoms. The van der Waals surface area contributed by atoms with Crippen molar-refractivity contribution in [3.05, 3.63) is 101 Å². The van der Waals surface area contributed by atoms with Crippen LogP contribution in [0.4, 0.5) is 5.69 Å². The number of H-pyrrole nitrogens is 1. The van der Waals surface area contributed by atoms with Gasteiger partial charge in [0, 0.05) is 50.2 Å². The molecule has 4 aliphatic rings. The minimum Gasteiger partial charge on any atom is -0.456 e. The molecule has 1 aromatic carbocycles. The van der Waals surface area contributed by atoms with Crippen LogP contribution < -0.4 is 4.90 Å². The second kappa shape index (κ2) is 11.0. The number of aromatic amines is 1. The zero-order valence-corrected chi connectivity index (χ0v) is 22.3. The average Bonchev–Trinajstić information content (AvgIpc) is 3.49. The molecule has 202 valence electrons. The van der Waals surface area contributed by atoms with Crippen LogP contribution in [0.3, 0.4) is 0 Å². The fraction of sp³-hybridized carbons (Fsp3) is 0.355. The SMILES string of the molecule is CC(=O)c1c[nH]c(C(=O)N2c3ccccc3CCC2CN2CCN(C3=COC(C4=CC=CCC4)=CO3)CC2)c1. The van der Waals surface area contributed by atoms with E-state index in [4.69, 9.17) is 9.47 Å². The van der Waals surface area contributed by atoms with E-state index in [1.165, 1.54) is 12.5 Å². The van der Waals surface area contributed by atoms with Gasteiger partial charge in [-0.2, -0.15) is 0 Å². The van der Waals surface area contributed by atoms with Gasteiger partial charge in [-0.15, -0.1) is 0 Å². The molecule has 1 aromatic heterocycles. The molecule has 2 aromatic rings. The number of amides is 1. The van der Waals surface area contributed by atoms with Crippen LogP contribution in [0.5, 0.6) is 0 Å². The molecule has 1 atom stereocenters. The van der Waals surface area contributed by atoms with E-state index in [1.807, 2.05) is 23.1 Å². The van der Waals surface area contributed by atoms with Gasteiger partial charge in [-0.05, 0) is 55.9 Å². The number of nitrogens with one attached hydrogen (secondary N) is 1. The number of piperazine rings is 1. The summed E-state index contributed by atoms with van der Waals surface area (Å²) in [5, 5.41) is 0. The van der Waals surface area contributed by atoms with Gasteiger partial charge in [0.1, 0.15) is 12.0 Å². The molecular weight excluding hydrogens is 492 g/mol. The number of aromatic nitrogens is 1. The maximum absolute atomic E-state index is 13.8. The van der Waals surface area contributed by atoms with Crippen molar-refractivity contribution in [2.24, 2.45) is 0 Å². The number of carbonyl (C=O) groups excluding carboxylic acids is 2. The summed E-state index contributed by atoms with van der Waals surface area (Å²) in [6.07, 6.45) is 15.1. The van der Waals surface area contributed by atoms with Crippen LogP contribution in [0.1, 0.15) is 52.6 Å². The van der Waals surface area contributed by atoms with Crippen molar-refractivity contribution in [1.82, 2.24) is 14.8 Å². The summed E-state index contributed by atoms with van der Waals surface area (Å²) < 4.78 is 11.9. The number of benzene rings is 1. The number of ether oxygens (including phenoxy) is 2. The van der Waals surface area contributed by atoms with E-state index in [9.17, 15) is 9.59 Å². The third-order valence-corrected chi connectivity index (χ3v) is 7.96. The number of hydrogen-bond acceptors (Lipinski definition) is 6. The smallest absolute Gasteiger partial charge is 0.275 e. The van der Waals surface area contributed by atoms with Crippen molar-refractivity contribution < 1.29 is 19.1 Å². The average molecular weight is 527 g/mol. The Bertz CT molecular complexity index is 1380. The van der Waals surface area contributed by atoms with Crippen LogP contribution in [0.25, 0.3) is 0 Å². The Labute approximate surface area is 228 Å². The first-order valence-corrected chi connectivity index (χ1v) is 13.7. The summed E-state index contributed by atoms with van der Waals surface area (Å²) in [6.45, 7) is 5.67. The molecule has 8 nitrogen and oxygen atoms in total. The maximum atomic E-state index is 13.8. The van der Waals surface area contributed by atoms with E-state index in [1.54, 1.807) is 24.8 Å². The zero-order valence-electron chi connectivity index (χ0n) is 22.3. The van der Waals surface area contributed by atoms with Gasteiger partial charge >= 0.3 is 0 Å². The second-order valence-corrected chi connectivity index (χ2v) is 10.5. The van der Waals surface area contributed by atoms with E-state index < -0.39 is 0 Å². The molecule has 6 rings (SSSR count).